The molecular formula is C18H25ClN2O3. The van der Waals surface area contributed by atoms with E-state index in [0.717, 1.165) is 51.5 Å². The fourth-order valence-corrected chi connectivity index (χ4v) is 3.66. The van der Waals surface area contributed by atoms with Gasteiger partial charge in [0.2, 0.25) is 5.91 Å². The normalized spacial score (nSPS) is 23.1. The van der Waals surface area contributed by atoms with Gasteiger partial charge >= 0.3 is 0 Å². The fourth-order valence-electron chi connectivity index (χ4n) is 3.45. The quantitative estimate of drug-likeness (QED) is 0.847. The Bertz CT molecular complexity index is 543. The number of amides is 1. The molecule has 132 valence electrons. The van der Waals surface area contributed by atoms with Gasteiger partial charge in [0.15, 0.2) is 0 Å². The van der Waals surface area contributed by atoms with E-state index in [4.69, 9.17) is 21.1 Å². The number of hydrogen-bond acceptors (Lipinski definition) is 4. The molecule has 2 fully saturated rings. The fraction of sp³-hybridized carbons (Fsp3) is 0.611. The number of rotatable bonds is 6. The smallest absolute Gasteiger partial charge is 0.224 e. The standard InChI is InChI=1S/C18H25ClN2O3/c19-16-4-2-1-3-14(16)11-18(22)20-12-17(15-5-8-24-13-15)21-6-9-23-10-7-21/h1-4,15,17H,5-13H2,(H,20,22). The Morgan fingerprint density at radius 2 is 2.04 bits per heavy atom. The van der Waals surface area contributed by atoms with Gasteiger partial charge in [-0.3, -0.25) is 9.69 Å². The van der Waals surface area contributed by atoms with Crippen LogP contribution in [0.3, 0.4) is 0 Å². The molecule has 0 aromatic heterocycles. The molecule has 2 unspecified atom stereocenters. The van der Waals surface area contributed by atoms with Gasteiger partial charge in [0, 0.05) is 43.2 Å². The Balaban J connectivity index is 1.56. The van der Waals surface area contributed by atoms with Crippen molar-refractivity contribution in [3.05, 3.63) is 34.9 Å². The maximum Gasteiger partial charge on any atom is 0.224 e. The maximum absolute atomic E-state index is 12.3. The lowest BCUT2D eigenvalue weighted by Gasteiger charge is -2.37. The summed E-state index contributed by atoms with van der Waals surface area (Å²) < 4.78 is 11.0. The highest BCUT2D eigenvalue weighted by atomic mass is 35.5. The molecule has 2 saturated heterocycles. The van der Waals surface area contributed by atoms with Crippen LogP contribution < -0.4 is 5.32 Å². The summed E-state index contributed by atoms with van der Waals surface area (Å²) in [6.45, 7) is 5.61. The SMILES string of the molecule is O=C(Cc1ccccc1Cl)NCC(C1CCOC1)N1CCOCC1. The molecule has 5 nitrogen and oxygen atoms in total. The van der Waals surface area contributed by atoms with Crippen molar-refractivity contribution in [2.24, 2.45) is 5.92 Å². The van der Waals surface area contributed by atoms with Crippen LogP contribution in [0.1, 0.15) is 12.0 Å². The van der Waals surface area contributed by atoms with Crippen LogP contribution in [-0.2, 0) is 20.7 Å². The molecule has 1 N–H and O–H groups in total. The lowest BCUT2D eigenvalue weighted by Crippen LogP contribution is -2.52. The zero-order valence-electron chi connectivity index (χ0n) is 13.9. The van der Waals surface area contributed by atoms with Gasteiger partial charge < -0.3 is 14.8 Å². The molecule has 0 bridgehead atoms. The summed E-state index contributed by atoms with van der Waals surface area (Å²) in [5.74, 6) is 0.490. The van der Waals surface area contributed by atoms with Gasteiger partial charge in [0.1, 0.15) is 0 Å². The molecule has 1 amide bonds. The molecule has 0 spiro atoms. The zero-order chi connectivity index (χ0) is 16.8. The van der Waals surface area contributed by atoms with Crippen molar-refractivity contribution in [1.29, 1.82) is 0 Å². The molecule has 6 heteroatoms. The van der Waals surface area contributed by atoms with E-state index in [1.54, 1.807) is 0 Å². The van der Waals surface area contributed by atoms with Gasteiger partial charge in [0.25, 0.3) is 0 Å². The summed E-state index contributed by atoms with van der Waals surface area (Å²) in [5.41, 5.74) is 0.865. The molecular weight excluding hydrogens is 328 g/mol. The Kier molecular flexibility index (Phi) is 6.49. The maximum atomic E-state index is 12.3. The van der Waals surface area contributed by atoms with Crippen molar-refractivity contribution in [3.63, 3.8) is 0 Å². The lowest BCUT2D eigenvalue weighted by molar-refractivity contribution is -0.120. The Morgan fingerprint density at radius 1 is 1.25 bits per heavy atom. The minimum absolute atomic E-state index is 0.0141. The van der Waals surface area contributed by atoms with E-state index >= 15 is 0 Å². The van der Waals surface area contributed by atoms with Crippen LogP contribution in [0.25, 0.3) is 0 Å². The lowest BCUT2D eigenvalue weighted by atomic mass is 9.96. The van der Waals surface area contributed by atoms with Crippen molar-refractivity contribution >= 4 is 17.5 Å². The topological polar surface area (TPSA) is 50.8 Å². The van der Waals surface area contributed by atoms with Crippen LogP contribution in [0.2, 0.25) is 5.02 Å². The van der Waals surface area contributed by atoms with E-state index < -0.39 is 0 Å². The van der Waals surface area contributed by atoms with Crippen molar-refractivity contribution in [2.75, 3.05) is 46.1 Å². The second kappa shape index (κ2) is 8.81. The minimum atomic E-state index is 0.0141. The van der Waals surface area contributed by atoms with Gasteiger partial charge in [-0.15, -0.1) is 0 Å². The predicted molar refractivity (Wildman–Crippen MR) is 93.3 cm³/mol. The number of halogens is 1. The van der Waals surface area contributed by atoms with Gasteiger partial charge in [0.05, 0.1) is 26.2 Å². The molecule has 2 atom stereocenters. The molecule has 3 rings (SSSR count). The van der Waals surface area contributed by atoms with Crippen LogP contribution in [-0.4, -0.2) is 62.9 Å². The van der Waals surface area contributed by atoms with Crippen LogP contribution in [0.5, 0.6) is 0 Å². The monoisotopic (exact) mass is 352 g/mol. The first-order chi connectivity index (χ1) is 11.7. The Morgan fingerprint density at radius 3 is 2.75 bits per heavy atom. The van der Waals surface area contributed by atoms with Crippen LogP contribution in [0.15, 0.2) is 24.3 Å². The highest BCUT2D eigenvalue weighted by molar-refractivity contribution is 6.31. The summed E-state index contributed by atoms with van der Waals surface area (Å²) in [7, 11) is 0. The van der Waals surface area contributed by atoms with E-state index in [1.165, 1.54) is 0 Å². The van der Waals surface area contributed by atoms with E-state index in [2.05, 4.69) is 10.2 Å². The van der Waals surface area contributed by atoms with E-state index in [-0.39, 0.29) is 5.91 Å². The number of ether oxygens (including phenoxy) is 2. The Labute approximate surface area is 148 Å². The largest absolute Gasteiger partial charge is 0.381 e. The van der Waals surface area contributed by atoms with Gasteiger partial charge in [-0.1, -0.05) is 29.8 Å². The van der Waals surface area contributed by atoms with E-state index in [0.29, 0.717) is 29.9 Å². The van der Waals surface area contributed by atoms with E-state index in [9.17, 15) is 4.79 Å². The van der Waals surface area contributed by atoms with Crippen LogP contribution in [0, 0.1) is 5.92 Å². The molecule has 0 saturated carbocycles. The van der Waals surface area contributed by atoms with Gasteiger partial charge in [-0.05, 0) is 18.1 Å². The Hall–Kier alpha value is -1.14. The van der Waals surface area contributed by atoms with E-state index in [1.807, 2.05) is 24.3 Å². The average Bonchev–Trinajstić information content (AvgIpc) is 3.12. The molecule has 1 aromatic carbocycles. The highest BCUT2D eigenvalue weighted by Gasteiger charge is 2.31. The number of carbonyl (C=O) groups is 1. The number of morpholine rings is 1. The van der Waals surface area contributed by atoms with Crippen LogP contribution in [0.4, 0.5) is 0 Å². The summed E-state index contributed by atoms with van der Waals surface area (Å²) >= 11 is 6.14. The average molecular weight is 353 g/mol. The first-order valence-electron chi connectivity index (χ1n) is 8.63. The molecule has 2 aliphatic rings. The van der Waals surface area contributed by atoms with Crippen molar-refractivity contribution < 1.29 is 14.3 Å². The zero-order valence-corrected chi connectivity index (χ0v) is 14.6. The van der Waals surface area contributed by atoms with Gasteiger partial charge in [-0.2, -0.15) is 0 Å². The summed E-state index contributed by atoms with van der Waals surface area (Å²) in [5, 5.41) is 3.74. The third kappa shape index (κ3) is 4.70. The van der Waals surface area contributed by atoms with Crippen molar-refractivity contribution in [1.82, 2.24) is 10.2 Å². The van der Waals surface area contributed by atoms with Crippen LogP contribution >= 0.6 is 11.6 Å². The second-order valence-electron chi connectivity index (χ2n) is 6.41. The second-order valence-corrected chi connectivity index (χ2v) is 6.82. The molecule has 1 aromatic rings. The highest BCUT2D eigenvalue weighted by Crippen LogP contribution is 2.22. The predicted octanol–water partition coefficient (Wildman–Crippen LogP) is 1.74. The minimum Gasteiger partial charge on any atom is -0.381 e. The van der Waals surface area contributed by atoms with Crippen molar-refractivity contribution in [3.8, 4) is 0 Å². The van der Waals surface area contributed by atoms with Crippen molar-refractivity contribution in [2.45, 2.75) is 18.9 Å². The molecule has 24 heavy (non-hydrogen) atoms. The summed E-state index contributed by atoms with van der Waals surface area (Å²) in [4.78, 5) is 14.8. The number of carbonyl (C=O) groups excluding carboxylic acids is 1. The molecule has 2 aliphatic heterocycles. The summed E-state index contributed by atoms with van der Waals surface area (Å²) in [6.07, 6.45) is 1.37. The first-order valence-corrected chi connectivity index (χ1v) is 9.01. The third-order valence-electron chi connectivity index (χ3n) is 4.84. The number of nitrogens with one attached hydrogen (secondary N) is 1. The number of nitrogens with zero attached hydrogens (tertiary/aromatic N) is 1. The number of benzene rings is 1. The molecule has 2 heterocycles. The molecule has 0 radical (unpaired) electrons. The third-order valence-corrected chi connectivity index (χ3v) is 5.21. The summed E-state index contributed by atoms with van der Waals surface area (Å²) in [6, 6.07) is 7.80. The first kappa shape index (κ1) is 17.7. The molecule has 0 aliphatic carbocycles. The number of hydrogen-bond donors (Lipinski definition) is 1. The van der Waals surface area contributed by atoms with Gasteiger partial charge in [-0.25, -0.2) is 0 Å².